The number of carbonyl (C=O) groups excluding carboxylic acids is 3. The van der Waals surface area contributed by atoms with Crippen LogP contribution in [-0.4, -0.2) is 40.7 Å². The van der Waals surface area contributed by atoms with E-state index in [1.807, 2.05) is 31.2 Å². The van der Waals surface area contributed by atoms with Crippen LogP contribution >= 0.6 is 11.3 Å². The summed E-state index contributed by atoms with van der Waals surface area (Å²) in [4.78, 5) is 44.7. The summed E-state index contributed by atoms with van der Waals surface area (Å²) in [5, 5.41) is 0.565. The first-order valence-corrected chi connectivity index (χ1v) is 9.03. The van der Waals surface area contributed by atoms with Crippen molar-refractivity contribution in [2.45, 2.75) is 6.92 Å². The Morgan fingerprint density at radius 2 is 1.65 bits per heavy atom. The molecule has 2 aromatic carbocycles. The van der Waals surface area contributed by atoms with Crippen molar-refractivity contribution in [3.8, 4) is 0 Å². The molecular formula is C19H15N3O3S. The standard InChI is InChI=1S/C19H15N3O3S/c1-2-21(19-20-14-9-5-6-10-15(14)26-19)16(23)11-22-17(24)12-7-3-4-8-13(12)18(22)25/h3-10H,2,11H2,1H3. The number of imide groups is 1. The molecule has 0 bridgehead atoms. The second kappa shape index (κ2) is 6.34. The highest BCUT2D eigenvalue weighted by molar-refractivity contribution is 7.22. The second-order valence-electron chi connectivity index (χ2n) is 5.84. The average Bonchev–Trinajstić information content (AvgIpc) is 3.18. The van der Waals surface area contributed by atoms with E-state index >= 15 is 0 Å². The van der Waals surface area contributed by atoms with E-state index < -0.39 is 11.8 Å². The van der Waals surface area contributed by atoms with Crippen molar-refractivity contribution < 1.29 is 14.4 Å². The van der Waals surface area contributed by atoms with Gasteiger partial charge in [-0.05, 0) is 31.2 Å². The minimum atomic E-state index is -0.431. The van der Waals surface area contributed by atoms with Crippen LogP contribution in [0, 0.1) is 0 Å². The third-order valence-electron chi connectivity index (χ3n) is 4.30. The van der Waals surface area contributed by atoms with E-state index in [0.717, 1.165) is 15.1 Å². The predicted molar refractivity (Wildman–Crippen MR) is 99.5 cm³/mol. The Morgan fingerprint density at radius 3 is 2.27 bits per heavy atom. The molecule has 0 fully saturated rings. The van der Waals surface area contributed by atoms with E-state index in [0.29, 0.717) is 22.8 Å². The minimum absolute atomic E-state index is 0.296. The number of carbonyl (C=O) groups is 3. The first-order valence-electron chi connectivity index (χ1n) is 8.21. The number of aromatic nitrogens is 1. The van der Waals surface area contributed by atoms with Crippen LogP contribution < -0.4 is 4.90 Å². The van der Waals surface area contributed by atoms with Gasteiger partial charge in [0.1, 0.15) is 6.54 Å². The highest BCUT2D eigenvalue weighted by atomic mass is 32.1. The molecule has 0 saturated carbocycles. The van der Waals surface area contributed by atoms with Crippen LogP contribution in [0.3, 0.4) is 0 Å². The van der Waals surface area contributed by atoms with Crippen molar-refractivity contribution >= 4 is 44.4 Å². The Bertz CT molecular complexity index is 975. The van der Waals surface area contributed by atoms with Crippen LogP contribution in [0.4, 0.5) is 5.13 Å². The van der Waals surface area contributed by atoms with E-state index in [1.165, 1.54) is 16.2 Å². The summed E-state index contributed by atoms with van der Waals surface area (Å²) in [6, 6.07) is 14.3. The summed E-state index contributed by atoms with van der Waals surface area (Å²) < 4.78 is 0.981. The number of para-hydroxylation sites is 1. The van der Waals surface area contributed by atoms with Crippen LogP contribution in [0.1, 0.15) is 27.6 Å². The van der Waals surface area contributed by atoms with Crippen molar-refractivity contribution in [1.82, 2.24) is 9.88 Å². The summed E-state index contributed by atoms with van der Waals surface area (Å²) in [6.07, 6.45) is 0. The van der Waals surface area contributed by atoms with Crippen LogP contribution in [0.15, 0.2) is 48.5 Å². The fourth-order valence-electron chi connectivity index (χ4n) is 3.00. The van der Waals surface area contributed by atoms with E-state index in [4.69, 9.17) is 0 Å². The number of rotatable bonds is 4. The van der Waals surface area contributed by atoms with E-state index in [2.05, 4.69) is 4.98 Å². The minimum Gasteiger partial charge on any atom is -0.287 e. The van der Waals surface area contributed by atoms with Crippen molar-refractivity contribution in [2.24, 2.45) is 0 Å². The van der Waals surface area contributed by atoms with Gasteiger partial charge in [0.05, 0.1) is 21.3 Å². The van der Waals surface area contributed by atoms with Gasteiger partial charge in [-0.15, -0.1) is 0 Å². The molecule has 26 heavy (non-hydrogen) atoms. The average molecular weight is 365 g/mol. The van der Waals surface area contributed by atoms with Gasteiger partial charge in [0.2, 0.25) is 5.91 Å². The molecule has 1 aliphatic rings. The lowest BCUT2D eigenvalue weighted by atomic mass is 10.1. The smallest absolute Gasteiger partial charge is 0.262 e. The zero-order chi connectivity index (χ0) is 18.3. The number of thiazole rings is 1. The summed E-state index contributed by atoms with van der Waals surface area (Å²) in [5.74, 6) is -1.19. The molecule has 2 heterocycles. The van der Waals surface area contributed by atoms with Crippen molar-refractivity contribution in [2.75, 3.05) is 18.0 Å². The highest BCUT2D eigenvalue weighted by Crippen LogP contribution is 2.29. The molecule has 0 saturated heterocycles. The molecule has 3 amide bonds. The normalized spacial score (nSPS) is 13.3. The van der Waals surface area contributed by atoms with Gasteiger partial charge in [-0.25, -0.2) is 4.98 Å². The molecule has 0 radical (unpaired) electrons. The Morgan fingerprint density at radius 1 is 1.04 bits per heavy atom. The molecule has 0 atom stereocenters. The van der Waals surface area contributed by atoms with Crippen LogP contribution in [0.2, 0.25) is 0 Å². The fourth-order valence-corrected chi connectivity index (χ4v) is 4.04. The van der Waals surface area contributed by atoms with Gasteiger partial charge in [-0.1, -0.05) is 35.6 Å². The molecule has 7 heteroatoms. The summed E-state index contributed by atoms with van der Waals surface area (Å²) in [7, 11) is 0. The first-order chi connectivity index (χ1) is 12.6. The number of likely N-dealkylation sites (N-methyl/N-ethyl adjacent to an activating group) is 1. The van der Waals surface area contributed by atoms with Gasteiger partial charge < -0.3 is 0 Å². The third-order valence-corrected chi connectivity index (χ3v) is 5.36. The Kier molecular flexibility index (Phi) is 4.00. The fraction of sp³-hybridized carbons (Fsp3) is 0.158. The molecule has 0 unspecified atom stereocenters. The lowest BCUT2D eigenvalue weighted by molar-refractivity contribution is -0.118. The molecule has 0 aliphatic carbocycles. The van der Waals surface area contributed by atoms with E-state index in [1.54, 1.807) is 24.3 Å². The van der Waals surface area contributed by atoms with Crippen molar-refractivity contribution in [3.63, 3.8) is 0 Å². The molecule has 6 nitrogen and oxygen atoms in total. The lowest BCUT2D eigenvalue weighted by Gasteiger charge is -2.21. The van der Waals surface area contributed by atoms with Crippen LogP contribution in [0.5, 0.6) is 0 Å². The van der Waals surface area contributed by atoms with Crippen molar-refractivity contribution in [1.29, 1.82) is 0 Å². The number of hydrogen-bond acceptors (Lipinski definition) is 5. The maximum absolute atomic E-state index is 12.8. The largest absolute Gasteiger partial charge is 0.287 e. The monoisotopic (exact) mass is 365 g/mol. The topological polar surface area (TPSA) is 70.6 Å². The summed E-state index contributed by atoms with van der Waals surface area (Å²) >= 11 is 1.41. The highest BCUT2D eigenvalue weighted by Gasteiger charge is 2.37. The van der Waals surface area contributed by atoms with Crippen molar-refractivity contribution in [3.05, 3.63) is 59.7 Å². The number of anilines is 1. The van der Waals surface area contributed by atoms with Gasteiger partial charge in [-0.3, -0.25) is 24.2 Å². The van der Waals surface area contributed by atoms with Crippen LogP contribution in [0.25, 0.3) is 10.2 Å². The molecule has 1 aromatic heterocycles. The molecule has 3 aromatic rings. The molecule has 130 valence electrons. The van der Waals surface area contributed by atoms with E-state index in [-0.39, 0.29) is 12.5 Å². The Balaban J connectivity index is 1.59. The van der Waals surface area contributed by atoms with Crippen LogP contribution in [-0.2, 0) is 4.79 Å². The maximum Gasteiger partial charge on any atom is 0.262 e. The van der Waals surface area contributed by atoms with Gasteiger partial charge in [-0.2, -0.15) is 0 Å². The number of fused-ring (bicyclic) bond motifs is 2. The number of hydrogen-bond donors (Lipinski definition) is 0. The molecule has 0 spiro atoms. The number of benzene rings is 2. The predicted octanol–water partition coefficient (Wildman–Crippen LogP) is 2.95. The molecule has 1 aliphatic heterocycles. The summed E-state index contributed by atoms with van der Waals surface area (Å²) in [5.41, 5.74) is 1.50. The number of amides is 3. The molecular weight excluding hydrogens is 350 g/mol. The zero-order valence-electron chi connectivity index (χ0n) is 14.0. The molecule has 0 N–H and O–H groups in total. The first kappa shape index (κ1) is 16.4. The zero-order valence-corrected chi connectivity index (χ0v) is 14.8. The van der Waals surface area contributed by atoms with E-state index in [9.17, 15) is 14.4 Å². The number of nitrogens with zero attached hydrogens (tertiary/aromatic N) is 3. The van der Waals surface area contributed by atoms with Gasteiger partial charge in [0.15, 0.2) is 5.13 Å². The maximum atomic E-state index is 12.8. The van der Waals surface area contributed by atoms with Gasteiger partial charge in [0, 0.05) is 6.54 Å². The Hall–Kier alpha value is -3.06. The second-order valence-corrected chi connectivity index (χ2v) is 6.85. The third kappa shape index (κ3) is 2.57. The lowest BCUT2D eigenvalue weighted by Crippen LogP contribution is -2.42. The SMILES string of the molecule is CCN(C(=O)CN1C(=O)c2ccccc2C1=O)c1nc2ccccc2s1. The van der Waals surface area contributed by atoms with Gasteiger partial charge >= 0.3 is 0 Å². The van der Waals surface area contributed by atoms with Gasteiger partial charge in [0.25, 0.3) is 11.8 Å². The quantitative estimate of drug-likeness (QED) is 0.667. The molecule has 4 rings (SSSR count). The Labute approximate surface area is 153 Å². The summed E-state index contributed by atoms with van der Waals surface area (Å²) in [6.45, 7) is 1.95.